The van der Waals surface area contributed by atoms with Gasteiger partial charge in [-0.1, -0.05) is 22.9 Å². The molecule has 1 unspecified atom stereocenters. The van der Waals surface area contributed by atoms with E-state index in [0.717, 1.165) is 4.47 Å². The average Bonchev–Trinajstić information content (AvgIpc) is 2.59. The maximum absolute atomic E-state index is 12.8. The van der Waals surface area contributed by atoms with Crippen molar-refractivity contribution in [1.82, 2.24) is 9.80 Å². The normalized spacial score (nSPS) is 16.2. The van der Waals surface area contributed by atoms with Crippen molar-refractivity contribution in [2.45, 2.75) is 45.8 Å². The van der Waals surface area contributed by atoms with Crippen molar-refractivity contribution in [2.24, 2.45) is 0 Å². The number of piperazine rings is 1. The highest BCUT2D eigenvalue weighted by Gasteiger charge is 2.31. The lowest BCUT2D eigenvalue weighted by Gasteiger charge is -2.36. The van der Waals surface area contributed by atoms with Crippen LogP contribution < -0.4 is 4.74 Å². The van der Waals surface area contributed by atoms with Crippen LogP contribution in [0.3, 0.4) is 0 Å². The maximum Gasteiger partial charge on any atom is 0.410 e. The van der Waals surface area contributed by atoms with Crippen molar-refractivity contribution in [3.63, 3.8) is 0 Å². The third-order valence-corrected chi connectivity index (χ3v) is 4.51. The molecule has 144 valence electrons. The van der Waals surface area contributed by atoms with Crippen LogP contribution >= 0.6 is 15.9 Å². The summed E-state index contributed by atoms with van der Waals surface area (Å²) in [6.45, 7) is 9.36. The third kappa shape index (κ3) is 5.90. The van der Waals surface area contributed by atoms with Gasteiger partial charge in [0.05, 0.1) is 0 Å². The van der Waals surface area contributed by atoms with Gasteiger partial charge in [-0.3, -0.25) is 4.79 Å². The minimum atomic E-state index is -0.524. The Morgan fingerprint density at radius 2 is 1.62 bits per heavy atom. The van der Waals surface area contributed by atoms with E-state index in [0.29, 0.717) is 38.3 Å². The predicted octanol–water partition coefficient (Wildman–Crippen LogP) is 3.69. The molecule has 0 spiro atoms. The number of hydrogen-bond donors (Lipinski definition) is 0. The summed E-state index contributed by atoms with van der Waals surface area (Å²) in [5.74, 6) is 0.625. The van der Waals surface area contributed by atoms with Crippen molar-refractivity contribution >= 4 is 27.9 Å². The Kier molecular flexibility index (Phi) is 6.92. The second kappa shape index (κ2) is 8.75. The molecule has 1 heterocycles. The van der Waals surface area contributed by atoms with E-state index in [9.17, 15) is 9.59 Å². The van der Waals surface area contributed by atoms with Gasteiger partial charge in [0.2, 0.25) is 0 Å². The summed E-state index contributed by atoms with van der Waals surface area (Å²) in [7, 11) is 0. The quantitative estimate of drug-likeness (QED) is 0.736. The number of hydrogen-bond acceptors (Lipinski definition) is 4. The first kappa shape index (κ1) is 20.6. The van der Waals surface area contributed by atoms with E-state index in [1.54, 1.807) is 9.80 Å². The molecular formula is C19H27BrN2O4. The number of carbonyl (C=O) groups excluding carboxylic acids is 2. The fourth-order valence-electron chi connectivity index (χ4n) is 2.63. The highest BCUT2D eigenvalue weighted by Crippen LogP contribution is 2.19. The zero-order chi connectivity index (χ0) is 19.3. The molecule has 1 aliphatic heterocycles. The molecule has 0 N–H and O–H groups in total. The molecular weight excluding hydrogens is 400 g/mol. The molecule has 1 aromatic rings. The Labute approximate surface area is 163 Å². The molecule has 6 nitrogen and oxygen atoms in total. The molecule has 2 rings (SSSR count). The van der Waals surface area contributed by atoms with E-state index in [1.165, 1.54) is 0 Å². The molecule has 1 fully saturated rings. The summed E-state index contributed by atoms with van der Waals surface area (Å²) < 4.78 is 12.2. The van der Waals surface area contributed by atoms with Crippen molar-refractivity contribution < 1.29 is 19.1 Å². The smallest absolute Gasteiger partial charge is 0.410 e. The number of benzene rings is 1. The van der Waals surface area contributed by atoms with Crippen molar-refractivity contribution in [3.05, 3.63) is 28.7 Å². The first-order valence-corrected chi connectivity index (χ1v) is 9.68. The largest absolute Gasteiger partial charge is 0.481 e. The van der Waals surface area contributed by atoms with E-state index in [4.69, 9.17) is 9.47 Å². The second-order valence-electron chi connectivity index (χ2n) is 7.26. The first-order valence-electron chi connectivity index (χ1n) is 8.88. The summed E-state index contributed by atoms with van der Waals surface area (Å²) >= 11 is 3.38. The zero-order valence-electron chi connectivity index (χ0n) is 15.8. The topological polar surface area (TPSA) is 59.1 Å². The Morgan fingerprint density at radius 1 is 1.08 bits per heavy atom. The van der Waals surface area contributed by atoms with Crippen LogP contribution in [0.25, 0.3) is 0 Å². The Morgan fingerprint density at radius 3 is 2.12 bits per heavy atom. The fourth-order valence-corrected chi connectivity index (χ4v) is 2.89. The number of nitrogens with zero attached hydrogens (tertiary/aromatic N) is 2. The molecule has 0 bridgehead atoms. The Bertz CT molecular complexity index is 619. The predicted molar refractivity (Wildman–Crippen MR) is 103 cm³/mol. The van der Waals surface area contributed by atoms with Crippen LogP contribution in [0.15, 0.2) is 28.7 Å². The van der Waals surface area contributed by atoms with Gasteiger partial charge in [0.25, 0.3) is 5.91 Å². The van der Waals surface area contributed by atoms with Crippen LogP contribution in [0, 0.1) is 0 Å². The highest BCUT2D eigenvalue weighted by atomic mass is 79.9. The van der Waals surface area contributed by atoms with Crippen LogP contribution in [-0.4, -0.2) is 59.7 Å². The molecule has 2 amide bonds. The number of rotatable bonds is 4. The monoisotopic (exact) mass is 426 g/mol. The minimum absolute atomic E-state index is 0.0424. The number of amides is 2. The van der Waals surface area contributed by atoms with Gasteiger partial charge in [0, 0.05) is 30.7 Å². The third-order valence-electron chi connectivity index (χ3n) is 3.98. The first-order chi connectivity index (χ1) is 12.2. The van der Waals surface area contributed by atoms with Gasteiger partial charge in [-0.05, 0) is 51.5 Å². The molecule has 0 aromatic heterocycles. The molecule has 0 saturated carbocycles. The van der Waals surface area contributed by atoms with Gasteiger partial charge in [0.15, 0.2) is 6.10 Å². The van der Waals surface area contributed by atoms with Gasteiger partial charge >= 0.3 is 6.09 Å². The van der Waals surface area contributed by atoms with Crippen LogP contribution in [-0.2, 0) is 9.53 Å². The molecule has 0 radical (unpaired) electrons. The summed E-state index contributed by atoms with van der Waals surface area (Å²) in [6.07, 6.45) is -0.270. The summed E-state index contributed by atoms with van der Waals surface area (Å²) in [5, 5.41) is 0. The molecule has 0 aliphatic carbocycles. The summed E-state index contributed by atoms with van der Waals surface area (Å²) in [5.41, 5.74) is -0.518. The zero-order valence-corrected chi connectivity index (χ0v) is 17.4. The van der Waals surface area contributed by atoms with Crippen LogP contribution in [0.4, 0.5) is 4.79 Å². The molecule has 7 heteroatoms. The van der Waals surface area contributed by atoms with E-state index < -0.39 is 11.7 Å². The fraction of sp³-hybridized carbons (Fsp3) is 0.579. The highest BCUT2D eigenvalue weighted by molar-refractivity contribution is 9.10. The molecule has 1 aromatic carbocycles. The standard InChI is InChI=1S/C19H27BrN2O4/c1-5-16(25-15-8-6-14(20)7-9-15)17(23)21-10-12-22(13-11-21)18(24)26-19(2,3)4/h6-9,16H,5,10-13H2,1-4H3. The number of halogens is 1. The average molecular weight is 427 g/mol. The van der Waals surface area contributed by atoms with E-state index in [-0.39, 0.29) is 12.0 Å². The lowest BCUT2D eigenvalue weighted by atomic mass is 10.2. The van der Waals surface area contributed by atoms with E-state index in [2.05, 4.69) is 15.9 Å². The van der Waals surface area contributed by atoms with Gasteiger partial charge in [-0.25, -0.2) is 4.79 Å². The van der Waals surface area contributed by atoms with Crippen molar-refractivity contribution in [3.8, 4) is 5.75 Å². The van der Waals surface area contributed by atoms with Crippen molar-refractivity contribution in [2.75, 3.05) is 26.2 Å². The van der Waals surface area contributed by atoms with Gasteiger partial charge < -0.3 is 19.3 Å². The Hall–Kier alpha value is -1.76. The SMILES string of the molecule is CCC(Oc1ccc(Br)cc1)C(=O)N1CCN(C(=O)OC(C)(C)C)CC1. The molecule has 1 aliphatic rings. The lowest BCUT2D eigenvalue weighted by molar-refractivity contribution is -0.140. The summed E-state index contributed by atoms with van der Waals surface area (Å²) in [4.78, 5) is 28.3. The minimum Gasteiger partial charge on any atom is -0.481 e. The van der Waals surface area contributed by atoms with E-state index in [1.807, 2.05) is 52.0 Å². The van der Waals surface area contributed by atoms with Gasteiger partial charge in [-0.15, -0.1) is 0 Å². The lowest BCUT2D eigenvalue weighted by Crippen LogP contribution is -2.54. The van der Waals surface area contributed by atoms with E-state index >= 15 is 0 Å². The van der Waals surface area contributed by atoms with Crippen molar-refractivity contribution in [1.29, 1.82) is 0 Å². The van der Waals surface area contributed by atoms with Crippen LogP contribution in [0.1, 0.15) is 34.1 Å². The molecule has 1 saturated heterocycles. The van der Waals surface area contributed by atoms with Crippen LogP contribution in [0.2, 0.25) is 0 Å². The second-order valence-corrected chi connectivity index (χ2v) is 8.18. The van der Waals surface area contributed by atoms with Crippen LogP contribution in [0.5, 0.6) is 5.75 Å². The Balaban J connectivity index is 1.89. The van der Waals surface area contributed by atoms with Gasteiger partial charge in [0.1, 0.15) is 11.4 Å². The van der Waals surface area contributed by atoms with Gasteiger partial charge in [-0.2, -0.15) is 0 Å². The maximum atomic E-state index is 12.8. The summed E-state index contributed by atoms with van der Waals surface area (Å²) in [6, 6.07) is 7.43. The molecule has 1 atom stereocenters. The number of carbonyl (C=O) groups is 2. The number of ether oxygens (including phenoxy) is 2. The molecule has 26 heavy (non-hydrogen) atoms.